The van der Waals surface area contributed by atoms with E-state index in [1.807, 2.05) is 51.1 Å². The van der Waals surface area contributed by atoms with Gasteiger partial charge in [0, 0.05) is 31.4 Å². The molecule has 0 aromatic heterocycles. The van der Waals surface area contributed by atoms with Crippen molar-refractivity contribution in [3.05, 3.63) is 82.4 Å². The van der Waals surface area contributed by atoms with Crippen molar-refractivity contribution in [2.45, 2.75) is 94.2 Å². The van der Waals surface area contributed by atoms with E-state index in [1.165, 1.54) is 30.9 Å². The smallest absolute Gasteiger partial charge is 0.409 e. The number of amides is 2. The van der Waals surface area contributed by atoms with Crippen LogP contribution in [0.2, 0.25) is 5.02 Å². The number of epoxide rings is 1. The Morgan fingerprint density at radius 3 is 2.63 bits per heavy atom. The fraction of sp³-hybridized carbons (Fsp3) is 0.475. The average Bonchev–Trinajstić information content (AvgIpc) is 3.83. The second-order valence-electron chi connectivity index (χ2n) is 14.3. The molecule has 0 aliphatic carbocycles. The summed E-state index contributed by atoms with van der Waals surface area (Å²) < 4.78 is 29.2. The van der Waals surface area contributed by atoms with Crippen molar-refractivity contribution in [2.75, 3.05) is 31.9 Å². The molecule has 2 saturated heterocycles. The van der Waals surface area contributed by atoms with Gasteiger partial charge in [-0.2, -0.15) is 0 Å². The minimum absolute atomic E-state index is 0.0361. The largest absolute Gasteiger partial charge is 0.495 e. The lowest BCUT2D eigenvalue weighted by Crippen LogP contribution is -2.63. The molecule has 3 aliphatic rings. The molecule has 0 unspecified atom stereocenters. The second kappa shape index (κ2) is 16.9. The number of nitrogens with zero attached hydrogens (tertiary/aromatic N) is 1. The molecule has 14 heteroatoms. The van der Waals surface area contributed by atoms with Gasteiger partial charge in [-0.1, -0.05) is 60.5 Å². The number of rotatable bonds is 8. The van der Waals surface area contributed by atoms with Crippen molar-refractivity contribution in [3.8, 4) is 5.75 Å². The molecule has 12 nitrogen and oxygen atoms in total. The van der Waals surface area contributed by atoms with E-state index in [2.05, 4.69) is 11.9 Å². The van der Waals surface area contributed by atoms with E-state index >= 15 is 0 Å². The van der Waals surface area contributed by atoms with Gasteiger partial charge in [-0.05, 0) is 68.1 Å². The quantitative estimate of drug-likeness (QED) is 0.164. The van der Waals surface area contributed by atoms with Gasteiger partial charge in [-0.15, -0.1) is 11.8 Å². The van der Waals surface area contributed by atoms with E-state index in [0.717, 1.165) is 22.3 Å². The van der Waals surface area contributed by atoms with Crippen LogP contribution in [0.1, 0.15) is 57.2 Å². The molecule has 3 heterocycles. The number of aliphatic hydroxyl groups excluding tert-OH is 1. The van der Waals surface area contributed by atoms with Gasteiger partial charge in [-0.25, -0.2) is 4.79 Å². The third-order valence-electron chi connectivity index (χ3n) is 10.3. The van der Waals surface area contributed by atoms with Gasteiger partial charge in [0.1, 0.15) is 34.7 Å². The number of methoxy groups -OCH3 is 2. The van der Waals surface area contributed by atoms with Gasteiger partial charge in [0.15, 0.2) is 5.72 Å². The number of hydrogen-bond acceptors (Lipinski definition) is 11. The van der Waals surface area contributed by atoms with Crippen LogP contribution in [0, 0.1) is 5.92 Å². The Balaban J connectivity index is 1.50. The molecule has 2 amide bonds. The number of ether oxygens (including phenoxy) is 5. The molecule has 2 fully saturated rings. The summed E-state index contributed by atoms with van der Waals surface area (Å²) in [5.41, 5.74) is 1.55. The van der Waals surface area contributed by atoms with Crippen LogP contribution in [-0.4, -0.2) is 90.9 Å². The summed E-state index contributed by atoms with van der Waals surface area (Å²) in [6.45, 7) is 11.1. The van der Waals surface area contributed by atoms with Crippen LogP contribution in [0.4, 0.5) is 10.5 Å². The number of benzene rings is 2. The number of allylic oxidation sites excluding steroid dienone is 4. The van der Waals surface area contributed by atoms with Crippen LogP contribution in [-0.2, 0) is 41.6 Å². The van der Waals surface area contributed by atoms with Crippen molar-refractivity contribution < 1.29 is 48.3 Å². The first kappa shape index (κ1) is 41.3. The van der Waals surface area contributed by atoms with Crippen LogP contribution in [0.5, 0.6) is 5.75 Å². The van der Waals surface area contributed by atoms with Gasteiger partial charge in [0.2, 0.25) is 5.91 Å². The lowest BCUT2D eigenvalue weighted by Gasteiger charge is -2.42. The first-order chi connectivity index (χ1) is 25.5. The normalized spacial score (nSPS) is 30.2. The Kier molecular flexibility index (Phi) is 12.9. The van der Waals surface area contributed by atoms with E-state index in [4.69, 9.17) is 35.3 Å². The van der Waals surface area contributed by atoms with Crippen molar-refractivity contribution in [1.82, 2.24) is 5.32 Å². The Bertz CT molecular complexity index is 1850. The lowest BCUT2D eigenvalue weighted by atomic mass is 9.83. The number of aliphatic hydroxyl groups is 2. The molecule has 2 aromatic carbocycles. The summed E-state index contributed by atoms with van der Waals surface area (Å²) in [6, 6.07) is 9.13. The first-order valence-corrected chi connectivity index (χ1v) is 19.0. The molecular weight excluding hydrogens is 736 g/mol. The maximum absolute atomic E-state index is 14.1. The second-order valence-corrected chi connectivity index (χ2v) is 15.7. The molecule has 3 aliphatic heterocycles. The standard InChI is InChI=1S/C40H49ClN2O10S/c1-22(2)26-12-13-31(27(17-26)20-44)54-21-35(46)52-33-18-34(45)43(6)28-15-25(16-29(49-7)36(28)41)14-23(3)10-9-11-32(50-8)40(48)19-30(51-38(47)42-40)24(4)37-39(33,5)53-37/h9-13,15-17,24,30,32-33,37,44,48H,1,14,18-21H2,2-8H3,(H,42,47)/b11-9+,23-10+/t24-,30+,32-,33+,37+,39+,40+/m1/s1. The van der Waals surface area contributed by atoms with Gasteiger partial charge in [0.25, 0.3) is 0 Å². The number of nitrogens with one attached hydrogen (secondary N) is 1. The van der Waals surface area contributed by atoms with E-state index in [-0.39, 0.29) is 30.2 Å². The minimum atomic E-state index is -1.81. The fourth-order valence-corrected chi connectivity index (χ4v) is 8.17. The maximum Gasteiger partial charge on any atom is 0.409 e. The highest BCUT2D eigenvalue weighted by Crippen LogP contribution is 2.49. The fourth-order valence-electron chi connectivity index (χ4n) is 7.04. The van der Waals surface area contributed by atoms with Crippen LogP contribution < -0.4 is 15.0 Å². The summed E-state index contributed by atoms with van der Waals surface area (Å²) in [5, 5.41) is 24.5. The number of carbonyl (C=O) groups is 3. The Morgan fingerprint density at radius 2 is 1.96 bits per heavy atom. The molecule has 0 saturated carbocycles. The molecule has 3 N–H and O–H groups in total. The van der Waals surface area contributed by atoms with Crippen LogP contribution in [0.3, 0.4) is 0 Å². The monoisotopic (exact) mass is 784 g/mol. The van der Waals surface area contributed by atoms with Crippen molar-refractivity contribution in [3.63, 3.8) is 0 Å². The summed E-state index contributed by atoms with van der Waals surface area (Å²) in [4.78, 5) is 42.7. The summed E-state index contributed by atoms with van der Waals surface area (Å²) in [6.07, 6.45) is 1.16. The third kappa shape index (κ3) is 8.98. The highest BCUT2D eigenvalue weighted by atomic mass is 35.5. The number of carbonyl (C=O) groups excluding carboxylic acids is 3. The average molecular weight is 785 g/mol. The molecule has 4 bridgehead atoms. The summed E-state index contributed by atoms with van der Waals surface area (Å²) in [7, 11) is 4.53. The number of hydrogen-bond donors (Lipinski definition) is 3. The van der Waals surface area contributed by atoms with Crippen molar-refractivity contribution >= 4 is 52.6 Å². The SMILES string of the molecule is C=C(C)c1ccc(SCC(=O)O[C@H]2CC(=O)N(C)c3cc(cc(OC)c3Cl)C/C(C)=C/C=C/[C@@H](OC)[C@@]3(O)C[C@H](OC(=O)N3)[C@@H](C)[C@@H]3O[C@@]23C)c(CO)c1. The molecule has 292 valence electrons. The summed E-state index contributed by atoms with van der Waals surface area (Å²) in [5.74, 6) is -1.24. The van der Waals surface area contributed by atoms with E-state index in [0.29, 0.717) is 28.3 Å². The van der Waals surface area contributed by atoms with Crippen LogP contribution in [0.15, 0.2) is 65.6 Å². The molecule has 0 spiro atoms. The molecule has 0 radical (unpaired) electrons. The maximum atomic E-state index is 14.1. The predicted octanol–water partition coefficient (Wildman–Crippen LogP) is 5.99. The molecule has 5 rings (SSSR count). The number of alkyl carbamates (subject to hydrolysis) is 1. The molecule has 54 heavy (non-hydrogen) atoms. The number of halogens is 1. The van der Waals surface area contributed by atoms with Crippen LogP contribution >= 0.6 is 23.4 Å². The van der Waals surface area contributed by atoms with Gasteiger partial charge < -0.3 is 38.8 Å². The highest BCUT2D eigenvalue weighted by molar-refractivity contribution is 8.00. The van der Waals surface area contributed by atoms with E-state index < -0.39 is 59.6 Å². The third-order valence-corrected chi connectivity index (χ3v) is 11.8. The number of esters is 1. The van der Waals surface area contributed by atoms with Gasteiger partial charge in [-0.3, -0.25) is 14.9 Å². The molecular formula is C40H49ClN2O10S. The highest BCUT2D eigenvalue weighted by Gasteiger charge is 2.64. The summed E-state index contributed by atoms with van der Waals surface area (Å²) >= 11 is 7.97. The predicted molar refractivity (Wildman–Crippen MR) is 207 cm³/mol. The van der Waals surface area contributed by atoms with Crippen molar-refractivity contribution in [1.29, 1.82) is 0 Å². The number of fused-ring (bicyclic) bond motifs is 5. The minimum Gasteiger partial charge on any atom is -0.495 e. The van der Waals surface area contributed by atoms with E-state index in [1.54, 1.807) is 32.2 Å². The topological polar surface area (TPSA) is 156 Å². The molecule has 2 aromatic rings. The van der Waals surface area contributed by atoms with Gasteiger partial charge in [0.05, 0.1) is 37.7 Å². The molecule has 7 atom stereocenters. The van der Waals surface area contributed by atoms with Gasteiger partial charge >= 0.3 is 12.1 Å². The number of anilines is 1. The first-order valence-electron chi connectivity index (χ1n) is 17.6. The Labute approximate surface area is 325 Å². The zero-order chi connectivity index (χ0) is 39.5. The number of thioether (sulfide) groups is 1. The zero-order valence-corrected chi connectivity index (χ0v) is 33.2. The van der Waals surface area contributed by atoms with Crippen LogP contribution in [0.25, 0.3) is 5.57 Å². The Hall–Kier alpha value is -3.85. The van der Waals surface area contributed by atoms with Crippen molar-refractivity contribution in [2.24, 2.45) is 5.92 Å². The Morgan fingerprint density at radius 1 is 1.22 bits per heavy atom. The zero-order valence-electron chi connectivity index (χ0n) is 31.6. The van der Waals surface area contributed by atoms with E-state index in [9.17, 15) is 24.6 Å². The lowest BCUT2D eigenvalue weighted by molar-refractivity contribution is -0.150.